The van der Waals surface area contributed by atoms with Crippen molar-refractivity contribution in [3.05, 3.63) is 23.8 Å². The van der Waals surface area contributed by atoms with Crippen molar-refractivity contribution in [2.24, 2.45) is 5.73 Å². The molecule has 2 N–H and O–H groups in total. The Morgan fingerprint density at radius 3 is 2.83 bits per heavy atom. The van der Waals surface area contributed by atoms with Gasteiger partial charge in [0.15, 0.2) is 5.82 Å². The SMILES string of the molecule is Cl.NCc1cc(N2CCCC(F)C2F)c(F)cn1. The minimum Gasteiger partial charge on any atom is -0.337 e. The molecule has 1 saturated heterocycles. The second-order valence-electron chi connectivity index (χ2n) is 4.06. The number of pyridine rings is 1. The molecular weight excluding hydrogens is 267 g/mol. The molecule has 0 amide bonds. The van der Waals surface area contributed by atoms with E-state index in [9.17, 15) is 13.2 Å². The molecule has 18 heavy (non-hydrogen) atoms. The van der Waals surface area contributed by atoms with E-state index in [1.54, 1.807) is 0 Å². The van der Waals surface area contributed by atoms with E-state index in [1.807, 2.05) is 0 Å². The summed E-state index contributed by atoms with van der Waals surface area (Å²) in [6.45, 7) is 0.434. The largest absolute Gasteiger partial charge is 0.337 e. The molecule has 0 radical (unpaired) electrons. The van der Waals surface area contributed by atoms with Crippen LogP contribution in [-0.4, -0.2) is 24.0 Å². The molecule has 1 aromatic rings. The van der Waals surface area contributed by atoms with Crippen LogP contribution in [0, 0.1) is 5.82 Å². The van der Waals surface area contributed by atoms with E-state index in [4.69, 9.17) is 5.73 Å². The van der Waals surface area contributed by atoms with Crippen LogP contribution in [-0.2, 0) is 6.54 Å². The molecule has 2 heterocycles. The van der Waals surface area contributed by atoms with Crippen molar-refractivity contribution < 1.29 is 13.2 Å². The summed E-state index contributed by atoms with van der Waals surface area (Å²) >= 11 is 0. The van der Waals surface area contributed by atoms with Gasteiger partial charge >= 0.3 is 0 Å². The molecule has 0 aromatic carbocycles. The number of hydrogen-bond donors (Lipinski definition) is 1. The Bertz CT molecular complexity index is 405. The van der Waals surface area contributed by atoms with Gasteiger partial charge in [0.25, 0.3) is 0 Å². The van der Waals surface area contributed by atoms with Crippen molar-refractivity contribution in [1.29, 1.82) is 0 Å². The standard InChI is InChI=1S/C11H14F3N3.ClH/c12-8-2-1-3-17(11(8)14)10-4-7(5-15)16-6-9(10)13;/h4,6,8,11H,1-3,5,15H2;1H. The minimum atomic E-state index is -1.80. The first kappa shape index (κ1) is 15.0. The zero-order valence-corrected chi connectivity index (χ0v) is 10.5. The van der Waals surface area contributed by atoms with E-state index < -0.39 is 18.3 Å². The minimum absolute atomic E-state index is 0. The fourth-order valence-corrected chi connectivity index (χ4v) is 1.97. The molecule has 1 aliphatic heterocycles. The summed E-state index contributed by atoms with van der Waals surface area (Å²) in [6.07, 6.45) is -1.70. The molecule has 7 heteroatoms. The zero-order chi connectivity index (χ0) is 12.4. The lowest BCUT2D eigenvalue weighted by molar-refractivity contribution is 0.129. The molecule has 0 bridgehead atoms. The monoisotopic (exact) mass is 281 g/mol. The number of piperidine rings is 1. The number of nitrogens with zero attached hydrogens (tertiary/aromatic N) is 2. The second-order valence-corrected chi connectivity index (χ2v) is 4.06. The Morgan fingerprint density at radius 1 is 1.44 bits per heavy atom. The smallest absolute Gasteiger partial charge is 0.204 e. The summed E-state index contributed by atoms with van der Waals surface area (Å²) in [4.78, 5) is 4.85. The fourth-order valence-electron chi connectivity index (χ4n) is 1.97. The fraction of sp³-hybridized carbons (Fsp3) is 0.545. The quantitative estimate of drug-likeness (QED) is 0.846. The highest BCUT2D eigenvalue weighted by molar-refractivity contribution is 5.85. The zero-order valence-electron chi connectivity index (χ0n) is 9.65. The van der Waals surface area contributed by atoms with Crippen LogP contribution < -0.4 is 10.6 Å². The lowest BCUT2D eigenvalue weighted by atomic mass is 10.1. The number of aromatic nitrogens is 1. The third-order valence-corrected chi connectivity index (χ3v) is 2.89. The van der Waals surface area contributed by atoms with Crippen molar-refractivity contribution >= 4 is 18.1 Å². The number of hydrogen-bond acceptors (Lipinski definition) is 3. The van der Waals surface area contributed by atoms with Gasteiger partial charge < -0.3 is 10.6 Å². The molecular formula is C11H15ClF3N3. The number of halogens is 4. The number of alkyl halides is 2. The lowest BCUT2D eigenvalue weighted by Crippen LogP contribution is -2.44. The Morgan fingerprint density at radius 2 is 2.17 bits per heavy atom. The highest BCUT2D eigenvalue weighted by atomic mass is 35.5. The first-order valence-corrected chi connectivity index (χ1v) is 5.52. The van der Waals surface area contributed by atoms with E-state index in [2.05, 4.69) is 4.98 Å². The Balaban J connectivity index is 0.00000162. The van der Waals surface area contributed by atoms with Gasteiger partial charge in [-0.25, -0.2) is 13.2 Å². The summed E-state index contributed by atoms with van der Waals surface area (Å²) in [5.41, 5.74) is 5.88. The summed E-state index contributed by atoms with van der Waals surface area (Å²) in [5.74, 6) is -0.654. The van der Waals surface area contributed by atoms with Gasteiger partial charge in [-0.05, 0) is 18.9 Å². The molecule has 2 rings (SSSR count). The Kier molecular flexibility index (Phi) is 5.22. The predicted molar refractivity (Wildman–Crippen MR) is 65.7 cm³/mol. The van der Waals surface area contributed by atoms with Gasteiger partial charge in [0.1, 0.15) is 6.17 Å². The molecule has 3 nitrogen and oxygen atoms in total. The van der Waals surface area contributed by atoms with Crippen LogP contribution in [0.4, 0.5) is 18.9 Å². The van der Waals surface area contributed by atoms with Gasteiger partial charge in [-0.3, -0.25) is 4.98 Å². The number of rotatable bonds is 2. The number of anilines is 1. The molecule has 2 unspecified atom stereocenters. The van der Waals surface area contributed by atoms with Crippen LogP contribution in [0.1, 0.15) is 18.5 Å². The maximum absolute atomic E-state index is 13.7. The van der Waals surface area contributed by atoms with E-state index in [-0.39, 0.29) is 31.1 Å². The van der Waals surface area contributed by atoms with E-state index in [0.29, 0.717) is 18.7 Å². The van der Waals surface area contributed by atoms with Crippen molar-refractivity contribution in [2.45, 2.75) is 31.9 Å². The first-order chi connectivity index (χ1) is 8.13. The van der Waals surface area contributed by atoms with Crippen LogP contribution in [0.25, 0.3) is 0 Å². The maximum Gasteiger partial charge on any atom is 0.204 e. The third kappa shape index (κ3) is 2.87. The summed E-state index contributed by atoms with van der Waals surface area (Å²) in [6, 6.07) is 1.37. The van der Waals surface area contributed by atoms with Crippen LogP contribution in [0.5, 0.6) is 0 Å². The normalized spacial score (nSPS) is 23.7. The van der Waals surface area contributed by atoms with Crippen molar-refractivity contribution in [2.75, 3.05) is 11.4 Å². The molecule has 1 aliphatic rings. The van der Waals surface area contributed by atoms with Crippen molar-refractivity contribution in [3.8, 4) is 0 Å². The lowest BCUT2D eigenvalue weighted by Gasteiger charge is -2.34. The molecule has 1 aromatic heterocycles. The van der Waals surface area contributed by atoms with E-state index in [1.165, 1.54) is 6.07 Å². The molecule has 0 spiro atoms. The summed E-state index contributed by atoms with van der Waals surface area (Å²) in [7, 11) is 0. The average Bonchev–Trinajstić information content (AvgIpc) is 2.34. The maximum atomic E-state index is 13.7. The van der Waals surface area contributed by atoms with Gasteiger partial charge in [0, 0.05) is 13.1 Å². The topological polar surface area (TPSA) is 42.1 Å². The molecule has 0 aliphatic carbocycles. The van der Waals surface area contributed by atoms with Crippen molar-refractivity contribution in [1.82, 2.24) is 4.98 Å². The van der Waals surface area contributed by atoms with Crippen LogP contribution in [0.3, 0.4) is 0 Å². The Labute approximate surface area is 110 Å². The molecule has 2 atom stereocenters. The predicted octanol–water partition coefficient (Wildman–Crippen LogP) is 2.34. The van der Waals surface area contributed by atoms with Crippen LogP contribution in [0.15, 0.2) is 12.3 Å². The van der Waals surface area contributed by atoms with Crippen LogP contribution >= 0.6 is 12.4 Å². The highest BCUT2D eigenvalue weighted by Crippen LogP contribution is 2.29. The highest BCUT2D eigenvalue weighted by Gasteiger charge is 2.32. The molecule has 102 valence electrons. The summed E-state index contributed by atoms with van der Waals surface area (Å²) in [5, 5.41) is 0. The van der Waals surface area contributed by atoms with Crippen molar-refractivity contribution in [3.63, 3.8) is 0 Å². The van der Waals surface area contributed by atoms with Gasteiger partial charge in [-0.15, -0.1) is 12.4 Å². The van der Waals surface area contributed by atoms with Gasteiger partial charge in [0.05, 0.1) is 17.6 Å². The van der Waals surface area contributed by atoms with E-state index in [0.717, 1.165) is 11.1 Å². The first-order valence-electron chi connectivity index (χ1n) is 5.52. The Hall–Kier alpha value is -1.01. The van der Waals surface area contributed by atoms with Gasteiger partial charge in [-0.2, -0.15) is 0 Å². The molecule has 0 saturated carbocycles. The van der Waals surface area contributed by atoms with Crippen LogP contribution in [0.2, 0.25) is 0 Å². The van der Waals surface area contributed by atoms with Gasteiger partial charge in [0.2, 0.25) is 6.30 Å². The summed E-state index contributed by atoms with van der Waals surface area (Å²) < 4.78 is 40.5. The number of nitrogens with two attached hydrogens (primary N) is 1. The average molecular weight is 282 g/mol. The second kappa shape index (κ2) is 6.24. The third-order valence-electron chi connectivity index (χ3n) is 2.89. The molecule has 1 fully saturated rings. The van der Waals surface area contributed by atoms with E-state index >= 15 is 0 Å². The van der Waals surface area contributed by atoms with Gasteiger partial charge in [-0.1, -0.05) is 0 Å².